The Morgan fingerprint density at radius 1 is 1.37 bits per heavy atom. The van der Waals surface area contributed by atoms with Crippen LogP contribution >= 0.6 is 0 Å². The zero-order chi connectivity index (χ0) is 19.4. The number of likely N-dealkylation sites (tertiary alicyclic amines) is 1. The number of halogens is 1. The molecular weight excluding hydrogens is 349 g/mol. The first-order valence-corrected chi connectivity index (χ1v) is 9.44. The van der Waals surface area contributed by atoms with Gasteiger partial charge in [-0.15, -0.1) is 0 Å². The van der Waals surface area contributed by atoms with Gasteiger partial charge in [0, 0.05) is 38.1 Å². The van der Waals surface area contributed by atoms with Crippen molar-refractivity contribution in [2.24, 2.45) is 5.41 Å². The Hall–Kier alpha value is -2.28. The number of aryl methyl sites for hydroxylation is 2. The van der Waals surface area contributed by atoms with Crippen molar-refractivity contribution in [2.75, 3.05) is 19.7 Å². The summed E-state index contributed by atoms with van der Waals surface area (Å²) in [4.78, 5) is 18.6. The molecule has 1 amide bonds. The third-order valence-electron chi connectivity index (χ3n) is 5.70. The van der Waals surface area contributed by atoms with Gasteiger partial charge in [-0.05, 0) is 55.4 Å². The van der Waals surface area contributed by atoms with Gasteiger partial charge in [-0.1, -0.05) is 12.1 Å². The Kier molecular flexibility index (Phi) is 5.89. The number of aliphatic hydroxyl groups is 1. The molecule has 0 bridgehead atoms. The SMILES string of the molecule is CCC1(CO)CCN(C(=O)CCc2nc(-c3ccc(F)c(C)c3)no2)CC1. The van der Waals surface area contributed by atoms with Crippen molar-refractivity contribution in [2.45, 2.75) is 46.0 Å². The molecule has 0 radical (unpaired) electrons. The number of piperidine rings is 1. The van der Waals surface area contributed by atoms with Crippen molar-refractivity contribution in [3.63, 3.8) is 0 Å². The highest BCUT2D eigenvalue weighted by molar-refractivity contribution is 5.76. The Balaban J connectivity index is 1.54. The van der Waals surface area contributed by atoms with Crippen LogP contribution in [-0.2, 0) is 11.2 Å². The number of aliphatic hydroxyl groups excluding tert-OH is 1. The normalized spacial score (nSPS) is 16.5. The van der Waals surface area contributed by atoms with Gasteiger partial charge < -0.3 is 14.5 Å². The van der Waals surface area contributed by atoms with Crippen LogP contribution in [0.2, 0.25) is 0 Å². The molecule has 1 fully saturated rings. The summed E-state index contributed by atoms with van der Waals surface area (Å²) in [7, 11) is 0. The highest BCUT2D eigenvalue weighted by Crippen LogP contribution is 2.34. The van der Waals surface area contributed by atoms with Gasteiger partial charge in [0.2, 0.25) is 17.6 Å². The number of carbonyl (C=O) groups excluding carboxylic acids is 1. The van der Waals surface area contributed by atoms with E-state index >= 15 is 0 Å². The van der Waals surface area contributed by atoms with Crippen LogP contribution in [0.3, 0.4) is 0 Å². The molecule has 1 aliphatic heterocycles. The van der Waals surface area contributed by atoms with Crippen LogP contribution in [0.25, 0.3) is 11.4 Å². The maximum atomic E-state index is 13.4. The molecule has 2 heterocycles. The molecule has 3 rings (SSSR count). The zero-order valence-corrected chi connectivity index (χ0v) is 15.9. The molecule has 1 N–H and O–H groups in total. The van der Waals surface area contributed by atoms with E-state index in [-0.39, 0.29) is 23.7 Å². The molecule has 1 aromatic heterocycles. The lowest BCUT2D eigenvalue weighted by Crippen LogP contribution is -2.44. The summed E-state index contributed by atoms with van der Waals surface area (Å²) in [6, 6.07) is 4.66. The summed E-state index contributed by atoms with van der Waals surface area (Å²) in [6.07, 6.45) is 3.28. The van der Waals surface area contributed by atoms with Gasteiger partial charge in [0.1, 0.15) is 5.82 Å². The minimum atomic E-state index is -0.275. The predicted molar refractivity (Wildman–Crippen MR) is 98.4 cm³/mol. The minimum Gasteiger partial charge on any atom is -0.396 e. The molecule has 0 spiro atoms. The molecule has 27 heavy (non-hydrogen) atoms. The maximum absolute atomic E-state index is 13.4. The lowest BCUT2D eigenvalue weighted by Gasteiger charge is -2.40. The van der Waals surface area contributed by atoms with E-state index < -0.39 is 0 Å². The van der Waals surface area contributed by atoms with Crippen molar-refractivity contribution in [3.05, 3.63) is 35.5 Å². The monoisotopic (exact) mass is 375 g/mol. The van der Waals surface area contributed by atoms with Crippen molar-refractivity contribution >= 4 is 5.91 Å². The molecule has 0 aliphatic carbocycles. The van der Waals surface area contributed by atoms with Crippen LogP contribution in [0, 0.1) is 18.2 Å². The molecule has 0 saturated carbocycles. The van der Waals surface area contributed by atoms with E-state index in [0.717, 1.165) is 19.3 Å². The number of nitrogens with zero attached hydrogens (tertiary/aromatic N) is 3. The number of rotatable bonds is 6. The lowest BCUT2D eigenvalue weighted by atomic mass is 9.77. The summed E-state index contributed by atoms with van der Waals surface area (Å²) in [6.45, 7) is 5.30. The Morgan fingerprint density at radius 2 is 2.11 bits per heavy atom. The van der Waals surface area contributed by atoms with Gasteiger partial charge in [-0.25, -0.2) is 4.39 Å². The molecular formula is C20H26FN3O3. The average molecular weight is 375 g/mol. The van der Waals surface area contributed by atoms with E-state index in [2.05, 4.69) is 17.1 Å². The molecule has 2 aromatic rings. The van der Waals surface area contributed by atoms with Crippen LogP contribution in [-0.4, -0.2) is 45.8 Å². The summed E-state index contributed by atoms with van der Waals surface area (Å²) < 4.78 is 18.6. The van der Waals surface area contributed by atoms with E-state index in [1.165, 1.54) is 6.07 Å². The molecule has 0 unspecified atom stereocenters. The van der Waals surface area contributed by atoms with E-state index in [1.807, 2.05) is 4.90 Å². The number of aromatic nitrogens is 2. The number of benzene rings is 1. The van der Waals surface area contributed by atoms with Crippen LogP contribution in [0.4, 0.5) is 4.39 Å². The zero-order valence-electron chi connectivity index (χ0n) is 15.9. The highest BCUT2D eigenvalue weighted by atomic mass is 19.1. The molecule has 6 nitrogen and oxygen atoms in total. The largest absolute Gasteiger partial charge is 0.396 e. The maximum Gasteiger partial charge on any atom is 0.227 e. The Labute approximate surface area is 158 Å². The first-order chi connectivity index (χ1) is 13.0. The number of carbonyl (C=O) groups is 1. The van der Waals surface area contributed by atoms with Crippen molar-refractivity contribution < 1.29 is 18.8 Å². The fourth-order valence-electron chi connectivity index (χ4n) is 3.48. The third kappa shape index (κ3) is 4.35. The van der Waals surface area contributed by atoms with E-state index in [0.29, 0.717) is 48.8 Å². The smallest absolute Gasteiger partial charge is 0.227 e. The van der Waals surface area contributed by atoms with Gasteiger partial charge >= 0.3 is 0 Å². The summed E-state index contributed by atoms with van der Waals surface area (Å²) in [5.74, 6) is 0.586. The van der Waals surface area contributed by atoms with Crippen molar-refractivity contribution in [1.29, 1.82) is 0 Å². The molecule has 146 valence electrons. The molecule has 1 aliphatic rings. The van der Waals surface area contributed by atoms with Crippen LogP contribution in [0.5, 0.6) is 0 Å². The standard InChI is InChI=1S/C20H26FN3O3/c1-3-20(13-25)8-10-24(11-9-20)18(26)7-6-17-22-19(23-27-17)15-4-5-16(21)14(2)12-15/h4-5,12,25H,3,6-11,13H2,1-2H3. The second-order valence-corrected chi connectivity index (χ2v) is 7.37. The third-order valence-corrected chi connectivity index (χ3v) is 5.70. The first kappa shape index (κ1) is 19.5. The van der Waals surface area contributed by atoms with Crippen LogP contribution < -0.4 is 0 Å². The Morgan fingerprint density at radius 3 is 2.74 bits per heavy atom. The number of hydrogen-bond donors (Lipinski definition) is 1. The van der Waals surface area contributed by atoms with Gasteiger partial charge in [0.15, 0.2) is 0 Å². The predicted octanol–water partition coefficient (Wildman–Crippen LogP) is 3.13. The second-order valence-electron chi connectivity index (χ2n) is 7.37. The number of hydrogen-bond acceptors (Lipinski definition) is 5. The second kappa shape index (κ2) is 8.17. The minimum absolute atomic E-state index is 0.0363. The van der Waals surface area contributed by atoms with Crippen molar-refractivity contribution in [1.82, 2.24) is 15.0 Å². The summed E-state index contributed by atoms with van der Waals surface area (Å²) >= 11 is 0. The van der Waals surface area contributed by atoms with Gasteiger partial charge in [0.05, 0.1) is 0 Å². The molecule has 1 saturated heterocycles. The van der Waals surface area contributed by atoms with Gasteiger partial charge in [0.25, 0.3) is 0 Å². The fraction of sp³-hybridized carbons (Fsp3) is 0.550. The highest BCUT2D eigenvalue weighted by Gasteiger charge is 2.33. The van der Waals surface area contributed by atoms with E-state index in [4.69, 9.17) is 4.52 Å². The Bertz CT molecular complexity index is 792. The summed E-state index contributed by atoms with van der Waals surface area (Å²) in [5, 5.41) is 13.5. The van der Waals surface area contributed by atoms with Gasteiger partial charge in [-0.3, -0.25) is 4.79 Å². The quantitative estimate of drug-likeness (QED) is 0.839. The average Bonchev–Trinajstić information content (AvgIpc) is 3.17. The molecule has 7 heteroatoms. The number of amides is 1. The molecule has 1 aromatic carbocycles. The van der Waals surface area contributed by atoms with Crippen LogP contribution in [0.15, 0.2) is 22.7 Å². The van der Waals surface area contributed by atoms with E-state index in [9.17, 15) is 14.3 Å². The van der Waals surface area contributed by atoms with Crippen LogP contribution in [0.1, 0.15) is 44.1 Å². The summed E-state index contributed by atoms with van der Waals surface area (Å²) in [5.41, 5.74) is 1.17. The van der Waals surface area contributed by atoms with Crippen molar-refractivity contribution in [3.8, 4) is 11.4 Å². The van der Waals surface area contributed by atoms with Gasteiger partial charge in [-0.2, -0.15) is 4.98 Å². The fourth-order valence-corrected chi connectivity index (χ4v) is 3.48. The van der Waals surface area contributed by atoms with E-state index in [1.54, 1.807) is 19.1 Å². The first-order valence-electron chi connectivity index (χ1n) is 9.44. The topological polar surface area (TPSA) is 79.5 Å². The molecule has 0 atom stereocenters. The lowest BCUT2D eigenvalue weighted by molar-refractivity contribution is -0.134.